The Kier molecular flexibility index (Phi) is 15.7. The van der Waals surface area contributed by atoms with Gasteiger partial charge in [0.2, 0.25) is 29.0 Å². The molecule has 0 aliphatic heterocycles. The lowest BCUT2D eigenvalue weighted by Crippen LogP contribution is -2.16. The van der Waals surface area contributed by atoms with Crippen LogP contribution in [-0.4, -0.2) is 79.3 Å². The predicted octanol–water partition coefficient (Wildman–Crippen LogP) is 6.63. The molecule has 4 amide bonds. The Labute approximate surface area is 385 Å². The van der Waals surface area contributed by atoms with Crippen LogP contribution >= 0.6 is 11.6 Å². The maximum absolute atomic E-state index is 12.7. The number of aromatic nitrogens is 8. The molecule has 0 spiro atoms. The number of aldehydes is 1. The highest BCUT2D eigenvalue weighted by atomic mass is 35.5. The lowest BCUT2D eigenvalue weighted by atomic mass is 10.2. The molecule has 0 aliphatic rings. The second kappa shape index (κ2) is 22.3. The summed E-state index contributed by atoms with van der Waals surface area (Å²) in [4.78, 5) is 93.9. The summed E-state index contributed by atoms with van der Waals surface area (Å²) >= 11 is 4.71. The fraction of sp³-hybridized carbons (Fsp3) is 0.0213. The molecule has 0 aliphatic carbocycles. The fourth-order valence-electron chi connectivity index (χ4n) is 6.10. The first-order valence-corrected chi connectivity index (χ1v) is 19.9. The predicted molar refractivity (Wildman–Crippen MR) is 252 cm³/mol. The monoisotopic (exact) mass is 916 g/mol. The van der Waals surface area contributed by atoms with Crippen LogP contribution < -0.4 is 21.3 Å². The first kappa shape index (κ1) is 47.2. The third-order valence-electron chi connectivity index (χ3n) is 9.09. The molecule has 5 N–H and O–H groups in total. The molecule has 334 valence electrons. The second-order valence-electron chi connectivity index (χ2n) is 13.5. The van der Waals surface area contributed by atoms with Crippen LogP contribution in [0.4, 0.5) is 23.3 Å². The van der Waals surface area contributed by atoms with E-state index in [2.05, 4.69) is 70.9 Å². The molecular weight excluding hydrogens is 880 g/mol. The van der Waals surface area contributed by atoms with Gasteiger partial charge in [0.15, 0.2) is 0 Å². The van der Waals surface area contributed by atoms with Gasteiger partial charge >= 0.3 is 0 Å². The molecular formula is C47H37ClN12O7. The number of carbonyl (C=O) groups excluding carboxylic acids is 6. The number of allylic oxidation sites excluding steroid dienone is 1. The number of amides is 4. The Bertz CT molecular complexity index is 3170. The maximum Gasteiger partial charge on any atom is 0.261 e. The van der Waals surface area contributed by atoms with E-state index in [9.17, 15) is 33.9 Å². The lowest BCUT2D eigenvalue weighted by Gasteiger charge is -2.12. The largest absolute Gasteiger partial charge is 0.392 e. The summed E-state index contributed by atoms with van der Waals surface area (Å²) in [6.07, 6.45) is 12.4. The molecule has 0 saturated carbocycles. The Morgan fingerprint density at radius 2 is 1.04 bits per heavy atom. The van der Waals surface area contributed by atoms with Crippen molar-refractivity contribution in [2.24, 2.45) is 0 Å². The van der Waals surface area contributed by atoms with E-state index in [0.29, 0.717) is 55.9 Å². The van der Waals surface area contributed by atoms with Gasteiger partial charge in [-0.1, -0.05) is 37.9 Å². The van der Waals surface area contributed by atoms with E-state index < -0.39 is 17.1 Å². The highest BCUT2D eigenvalue weighted by molar-refractivity contribution is 6.66. The molecule has 0 unspecified atom stereocenters. The Morgan fingerprint density at radius 3 is 1.46 bits per heavy atom. The standard InChI is InChI=1S/C22H18N6O3.C22H16N6O3.C3H3ClO/c2*1-2-20(30)25-16-4-3-5-17(9-16)28-19-7-6-14(12-29)8-18(19)26-22(28)27-21(31)15-10-23-13-24-11-15;1-2-3(4)5/h2-11,13,29H,1,12H2,(H,25,30)(H,26,27,31);2-13H,1H2,(H,25,30)(H,26,27,31);2H,1H2. The first-order chi connectivity index (χ1) is 32.4. The number of fused-ring (bicyclic) bond motifs is 2. The number of hydrogen-bond acceptors (Lipinski definition) is 13. The van der Waals surface area contributed by atoms with Gasteiger partial charge in [-0.15, -0.1) is 0 Å². The van der Waals surface area contributed by atoms with Gasteiger partial charge in [-0.05, 0) is 102 Å². The zero-order valence-electron chi connectivity index (χ0n) is 35.0. The molecule has 0 fully saturated rings. The molecule has 67 heavy (non-hydrogen) atoms. The number of nitrogens with zero attached hydrogens (tertiary/aromatic N) is 8. The number of rotatable bonds is 13. The molecule has 8 rings (SSSR count). The van der Waals surface area contributed by atoms with Crippen molar-refractivity contribution in [3.63, 3.8) is 0 Å². The highest BCUT2D eigenvalue weighted by Gasteiger charge is 2.19. The Morgan fingerprint density at radius 1 is 0.597 bits per heavy atom. The van der Waals surface area contributed by atoms with Crippen LogP contribution in [0.1, 0.15) is 36.6 Å². The third kappa shape index (κ3) is 12.0. The van der Waals surface area contributed by atoms with Crippen molar-refractivity contribution in [3.05, 3.63) is 183 Å². The molecule has 4 aromatic heterocycles. The smallest absolute Gasteiger partial charge is 0.261 e. The van der Waals surface area contributed by atoms with E-state index in [1.54, 1.807) is 81.9 Å². The zero-order valence-corrected chi connectivity index (χ0v) is 35.8. The summed E-state index contributed by atoms with van der Waals surface area (Å²) in [5.41, 5.74) is 6.59. The van der Waals surface area contributed by atoms with Crippen LogP contribution in [0.3, 0.4) is 0 Å². The summed E-state index contributed by atoms with van der Waals surface area (Å²) in [6, 6.07) is 24.5. The summed E-state index contributed by atoms with van der Waals surface area (Å²) in [5.74, 6) is -1.04. The Hall–Kier alpha value is -9.33. The van der Waals surface area contributed by atoms with Gasteiger partial charge in [-0.3, -0.25) is 48.5 Å². The van der Waals surface area contributed by atoms with Gasteiger partial charge in [0.25, 0.3) is 11.8 Å². The zero-order chi connectivity index (χ0) is 47.9. The van der Waals surface area contributed by atoms with Crippen molar-refractivity contribution in [1.82, 2.24) is 39.0 Å². The van der Waals surface area contributed by atoms with Crippen molar-refractivity contribution in [2.75, 3.05) is 21.3 Å². The number of imidazole rings is 2. The van der Waals surface area contributed by atoms with E-state index in [0.717, 1.165) is 12.4 Å². The van der Waals surface area contributed by atoms with E-state index in [4.69, 9.17) is 11.6 Å². The third-order valence-corrected chi connectivity index (χ3v) is 9.24. The topological polar surface area (TPSA) is 258 Å². The molecule has 4 heterocycles. The average Bonchev–Trinajstić information content (AvgIpc) is 3.91. The van der Waals surface area contributed by atoms with Crippen molar-refractivity contribution >= 4 is 92.1 Å². The summed E-state index contributed by atoms with van der Waals surface area (Å²) in [6.45, 7) is 9.85. The molecule has 0 atom stereocenters. The van der Waals surface area contributed by atoms with Crippen molar-refractivity contribution < 1.29 is 33.9 Å². The first-order valence-electron chi connectivity index (χ1n) is 19.6. The van der Waals surface area contributed by atoms with E-state index >= 15 is 0 Å². The van der Waals surface area contributed by atoms with Crippen molar-refractivity contribution in [2.45, 2.75) is 6.61 Å². The number of halogens is 1. The van der Waals surface area contributed by atoms with Gasteiger partial charge in [0.1, 0.15) is 18.9 Å². The van der Waals surface area contributed by atoms with Crippen LogP contribution in [0.2, 0.25) is 0 Å². The number of benzene rings is 4. The average molecular weight is 917 g/mol. The molecule has 0 bridgehead atoms. The lowest BCUT2D eigenvalue weighted by molar-refractivity contribution is -0.112. The van der Waals surface area contributed by atoms with Gasteiger partial charge in [0, 0.05) is 41.7 Å². The molecule has 4 aromatic carbocycles. The van der Waals surface area contributed by atoms with Crippen molar-refractivity contribution in [1.29, 1.82) is 0 Å². The number of anilines is 4. The van der Waals surface area contributed by atoms with Gasteiger partial charge in [-0.25, -0.2) is 29.9 Å². The summed E-state index contributed by atoms with van der Waals surface area (Å²) in [5, 5.41) is 19.9. The van der Waals surface area contributed by atoms with Crippen LogP contribution in [0.25, 0.3) is 33.4 Å². The van der Waals surface area contributed by atoms with E-state index in [-0.39, 0.29) is 41.4 Å². The van der Waals surface area contributed by atoms with Gasteiger partial charge in [-0.2, -0.15) is 0 Å². The number of hydrogen-bond donors (Lipinski definition) is 5. The molecule has 20 heteroatoms. The fourth-order valence-corrected chi connectivity index (χ4v) is 6.10. The van der Waals surface area contributed by atoms with Gasteiger partial charge < -0.3 is 15.7 Å². The Balaban J connectivity index is 0.000000201. The molecule has 0 saturated heterocycles. The van der Waals surface area contributed by atoms with Gasteiger partial charge in [0.05, 0.1) is 51.2 Å². The van der Waals surface area contributed by atoms with Crippen LogP contribution in [0, 0.1) is 0 Å². The minimum absolute atomic E-state index is 0.130. The highest BCUT2D eigenvalue weighted by Crippen LogP contribution is 2.29. The van der Waals surface area contributed by atoms with E-state index in [1.807, 2.05) is 12.1 Å². The second-order valence-corrected chi connectivity index (χ2v) is 13.9. The molecule has 8 aromatic rings. The minimum atomic E-state index is -0.509. The summed E-state index contributed by atoms with van der Waals surface area (Å²) < 4.78 is 3.47. The number of aliphatic hydroxyl groups is 1. The molecule has 19 nitrogen and oxygen atoms in total. The summed E-state index contributed by atoms with van der Waals surface area (Å²) in [7, 11) is 0. The minimum Gasteiger partial charge on any atom is -0.392 e. The molecule has 0 radical (unpaired) electrons. The number of carbonyl (C=O) groups is 6. The van der Waals surface area contributed by atoms with Crippen LogP contribution in [0.15, 0.2) is 160 Å². The van der Waals surface area contributed by atoms with Crippen LogP contribution in [0.5, 0.6) is 0 Å². The quantitative estimate of drug-likeness (QED) is 0.0463. The number of nitrogens with one attached hydrogen (secondary N) is 4. The van der Waals surface area contributed by atoms with Crippen LogP contribution in [-0.2, 0) is 21.0 Å². The maximum atomic E-state index is 12.7. The van der Waals surface area contributed by atoms with E-state index in [1.165, 1.54) is 49.6 Å². The number of aliphatic hydroxyl groups excluding tert-OH is 1. The SMILES string of the molecule is C=CC(=O)Cl.C=CC(=O)Nc1cccc(-n2c(NC(=O)c3cncnc3)nc3cc(C=O)ccc32)c1.C=CC(=O)Nc1cccc(-n2c(NC(=O)c3cncnc3)nc3cc(CO)ccc32)c1. The van der Waals surface area contributed by atoms with Crippen molar-refractivity contribution in [3.8, 4) is 11.4 Å². The normalized spacial score (nSPS) is 10.2.